The molecule has 7 nitrogen and oxygen atoms in total. The quantitative estimate of drug-likeness (QED) is 0.791. The van der Waals surface area contributed by atoms with Gasteiger partial charge in [-0.15, -0.1) is 0 Å². The molecule has 2 aromatic rings. The summed E-state index contributed by atoms with van der Waals surface area (Å²) < 4.78 is 22.7. The summed E-state index contributed by atoms with van der Waals surface area (Å²) in [5, 5.41) is 0. The van der Waals surface area contributed by atoms with Crippen LogP contribution in [-0.4, -0.2) is 21.3 Å². The summed E-state index contributed by atoms with van der Waals surface area (Å²) in [5.41, 5.74) is 12.1. The predicted octanol–water partition coefficient (Wildman–Crippen LogP) is 2.83. The second-order valence-electron chi connectivity index (χ2n) is 5.00. The van der Waals surface area contributed by atoms with Crippen molar-refractivity contribution in [3.8, 4) is 17.2 Å². The van der Waals surface area contributed by atoms with Crippen LogP contribution >= 0.6 is 10.7 Å². The zero-order valence-corrected chi connectivity index (χ0v) is 14.4. The van der Waals surface area contributed by atoms with E-state index in [9.17, 15) is 4.21 Å². The first-order chi connectivity index (χ1) is 10.8. The molecule has 1 unspecified atom stereocenters. The number of nitrogens with zero attached hydrogens (tertiary/aromatic N) is 2. The molecule has 9 heteroatoms. The van der Waals surface area contributed by atoms with Crippen LogP contribution in [0.15, 0.2) is 23.2 Å². The SMILES string of the molecule is COc1cc(C(C)C)c(Oc2cnc(N)nc2N)cc1S(=O)Cl. The number of rotatable bonds is 5. The van der Waals surface area contributed by atoms with Crippen molar-refractivity contribution < 1.29 is 13.7 Å². The van der Waals surface area contributed by atoms with E-state index in [1.54, 1.807) is 12.1 Å². The fourth-order valence-corrected chi connectivity index (χ4v) is 2.84. The van der Waals surface area contributed by atoms with Crippen LogP contribution in [-0.2, 0) is 10.0 Å². The average molecular weight is 357 g/mol. The number of anilines is 2. The maximum atomic E-state index is 11.7. The van der Waals surface area contributed by atoms with Gasteiger partial charge in [-0.2, -0.15) is 4.98 Å². The number of methoxy groups -OCH3 is 1. The molecule has 0 fully saturated rings. The molecule has 1 aromatic carbocycles. The summed E-state index contributed by atoms with van der Waals surface area (Å²) in [7, 11) is 5.45. The number of hydrogen-bond donors (Lipinski definition) is 2. The molecule has 0 radical (unpaired) electrons. The summed E-state index contributed by atoms with van der Waals surface area (Å²) in [6.07, 6.45) is 1.38. The molecule has 0 saturated heterocycles. The van der Waals surface area contributed by atoms with Gasteiger partial charge in [0.1, 0.15) is 16.4 Å². The predicted molar refractivity (Wildman–Crippen MR) is 90.3 cm³/mol. The molecule has 0 spiro atoms. The highest BCUT2D eigenvalue weighted by atomic mass is 35.7. The zero-order chi connectivity index (χ0) is 17.1. The van der Waals surface area contributed by atoms with Crippen LogP contribution in [0, 0.1) is 0 Å². The van der Waals surface area contributed by atoms with Crippen molar-refractivity contribution in [2.45, 2.75) is 24.7 Å². The molecule has 1 aromatic heterocycles. The molecule has 4 N–H and O–H groups in total. The summed E-state index contributed by atoms with van der Waals surface area (Å²) in [6.45, 7) is 3.98. The highest BCUT2D eigenvalue weighted by molar-refractivity contribution is 8.08. The number of nitrogen functional groups attached to an aromatic ring is 2. The Labute approximate surface area is 140 Å². The Bertz CT molecular complexity index is 755. The fraction of sp³-hybridized carbons (Fsp3) is 0.286. The molecular formula is C14H17ClN4O3S. The minimum absolute atomic E-state index is 0.0521. The summed E-state index contributed by atoms with van der Waals surface area (Å²) in [5.74, 6) is 1.40. The Morgan fingerprint density at radius 1 is 1.22 bits per heavy atom. The van der Waals surface area contributed by atoms with Crippen LogP contribution < -0.4 is 20.9 Å². The Morgan fingerprint density at radius 2 is 1.91 bits per heavy atom. The first-order valence-corrected chi connectivity index (χ1v) is 8.66. The number of hydrogen-bond acceptors (Lipinski definition) is 7. The van der Waals surface area contributed by atoms with Crippen LogP contribution in [0.1, 0.15) is 25.3 Å². The molecule has 0 aliphatic rings. The van der Waals surface area contributed by atoms with Gasteiger partial charge in [0.2, 0.25) is 5.95 Å². The molecule has 1 atom stereocenters. The summed E-state index contributed by atoms with van der Waals surface area (Å²) in [6, 6.07) is 3.30. The van der Waals surface area contributed by atoms with Crippen molar-refractivity contribution in [1.29, 1.82) is 0 Å². The Hall–Kier alpha value is -2.06. The Morgan fingerprint density at radius 3 is 2.43 bits per heavy atom. The van der Waals surface area contributed by atoms with Gasteiger partial charge in [-0.25, -0.2) is 9.19 Å². The Kier molecular flexibility index (Phi) is 5.27. The van der Waals surface area contributed by atoms with Crippen molar-refractivity contribution in [3.05, 3.63) is 23.9 Å². The second kappa shape index (κ2) is 7.01. The third-order valence-corrected chi connectivity index (χ3v) is 4.28. The topological polar surface area (TPSA) is 113 Å². The van der Waals surface area contributed by atoms with Crippen LogP contribution in [0.3, 0.4) is 0 Å². The maximum Gasteiger partial charge on any atom is 0.222 e. The standard InChI is InChI=1S/C14H17ClN4O3S/c1-7(2)8-4-10(21-3)12(23(15)20)5-9(8)22-11-6-18-14(17)19-13(11)16/h4-7H,1-3H3,(H4,16,17,18,19). The minimum Gasteiger partial charge on any atom is -0.495 e. The van der Waals surface area contributed by atoms with Gasteiger partial charge in [0.05, 0.1) is 13.3 Å². The van der Waals surface area contributed by atoms with E-state index >= 15 is 0 Å². The van der Waals surface area contributed by atoms with Crippen molar-refractivity contribution in [1.82, 2.24) is 9.97 Å². The molecule has 23 heavy (non-hydrogen) atoms. The van der Waals surface area contributed by atoms with E-state index in [-0.39, 0.29) is 23.4 Å². The van der Waals surface area contributed by atoms with Crippen molar-refractivity contribution >= 4 is 32.5 Å². The van der Waals surface area contributed by atoms with Crippen LogP contribution in [0.5, 0.6) is 17.2 Å². The van der Waals surface area contributed by atoms with Gasteiger partial charge in [-0.3, -0.25) is 0 Å². The lowest BCUT2D eigenvalue weighted by atomic mass is 10.0. The lowest BCUT2D eigenvalue weighted by Crippen LogP contribution is -2.03. The lowest BCUT2D eigenvalue weighted by molar-refractivity contribution is 0.399. The number of halogens is 1. The molecule has 1 heterocycles. The molecule has 2 rings (SSSR count). The van der Waals surface area contributed by atoms with E-state index in [1.807, 2.05) is 13.8 Å². The fourth-order valence-electron chi connectivity index (χ4n) is 1.98. The van der Waals surface area contributed by atoms with E-state index in [4.69, 9.17) is 31.6 Å². The van der Waals surface area contributed by atoms with Crippen LogP contribution in [0.4, 0.5) is 11.8 Å². The normalized spacial score (nSPS) is 12.2. The first kappa shape index (κ1) is 17.3. The third kappa shape index (κ3) is 3.83. The molecule has 0 saturated carbocycles. The van der Waals surface area contributed by atoms with Gasteiger partial charge in [-0.1, -0.05) is 13.8 Å². The van der Waals surface area contributed by atoms with Crippen molar-refractivity contribution in [2.24, 2.45) is 0 Å². The number of benzene rings is 1. The summed E-state index contributed by atoms with van der Waals surface area (Å²) in [4.78, 5) is 8.01. The number of nitrogens with two attached hydrogens (primary N) is 2. The van der Waals surface area contributed by atoms with Crippen molar-refractivity contribution in [3.63, 3.8) is 0 Å². The average Bonchev–Trinajstić information content (AvgIpc) is 2.49. The molecule has 124 valence electrons. The number of ether oxygens (including phenoxy) is 2. The number of aromatic nitrogens is 2. The van der Waals surface area contributed by atoms with E-state index in [0.717, 1.165) is 5.56 Å². The molecule has 0 amide bonds. The minimum atomic E-state index is -1.75. The van der Waals surface area contributed by atoms with Gasteiger partial charge >= 0.3 is 0 Å². The molecular weight excluding hydrogens is 340 g/mol. The van der Waals surface area contributed by atoms with Crippen molar-refractivity contribution in [2.75, 3.05) is 18.6 Å². The van der Waals surface area contributed by atoms with Gasteiger partial charge in [0, 0.05) is 11.6 Å². The van der Waals surface area contributed by atoms with E-state index in [1.165, 1.54) is 13.3 Å². The van der Waals surface area contributed by atoms with E-state index in [0.29, 0.717) is 16.4 Å². The largest absolute Gasteiger partial charge is 0.495 e. The summed E-state index contributed by atoms with van der Waals surface area (Å²) >= 11 is 0. The highest BCUT2D eigenvalue weighted by Crippen LogP contribution is 2.38. The van der Waals surface area contributed by atoms with Gasteiger partial charge in [0.15, 0.2) is 21.6 Å². The third-order valence-electron chi connectivity index (χ3n) is 3.11. The monoisotopic (exact) mass is 356 g/mol. The molecule has 0 bridgehead atoms. The van der Waals surface area contributed by atoms with E-state index in [2.05, 4.69) is 9.97 Å². The van der Waals surface area contributed by atoms with Crippen LogP contribution in [0.2, 0.25) is 0 Å². The molecule has 0 aliphatic heterocycles. The lowest BCUT2D eigenvalue weighted by Gasteiger charge is -2.17. The van der Waals surface area contributed by atoms with Gasteiger partial charge < -0.3 is 20.9 Å². The highest BCUT2D eigenvalue weighted by Gasteiger charge is 2.19. The first-order valence-electron chi connectivity index (χ1n) is 6.69. The van der Waals surface area contributed by atoms with Gasteiger partial charge in [-0.05, 0) is 22.7 Å². The Balaban J connectivity index is 2.55. The van der Waals surface area contributed by atoms with E-state index < -0.39 is 10.0 Å². The second-order valence-corrected chi connectivity index (χ2v) is 6.73. The zero-order valence-electron chi connectivity index (χ0n) is 12.9. The molecule has 0 aliphatic carbocycles. The van der Waals surface area contributed by atoms with Gasteiger partial charge in [0.25, 0.3) is 0 Å². The maximum absolute atomic E-state index is 11.7. The van der Waals surface area contributed by atoms with Crippen LogP contribution in [0.25, 0.3) is 0 Å². The smallest absolute Gasteiger partial charge is 0.222 e.